The summed E-state index contributed by atoms with van der Waals surface area (Å²) in [5, 5.41) is 22.6. The minimum atomic E-state index is -1.09. The fourth-order valence-corrected chi connectivity index (χ4v) is 7.75. The zero-order chi connectivity index (χ0) is 32.1. The zero-order valence-electron chi connectivity index (χ0n) is 27.6. The Hall–Kier alpha value is -3.60. The van der Waals surface area contributed by atoms with Crippen LogP contribution in [0, 0.1) is 0 Å². The van der Waals surface area contributed by atoms with Gasteiger partial charge in [-0.25, -0.2) is 9.67 Å². The van der Waals surface area contributed by atoms with Crippen LogP contribution in [-0.2, 0) is 18.2 Å². The van der Waals surface area contributed by atoms with Gasteiger partial charge in [0.2, 0.25) is 0 Å². The van der Waals surface area contributed by atoms with E-state index in [0.29, 0.717) is 0 Å². The first-order chi connectivity index (χ1) is 21.6. The minimum Gasteiger partial charge on any atom is -0.370 e. The number of fused-ring (bicyclic) bond motifs is 5. The number of nitrogens with one attached hydrogen (secondary N) is 2. The molecule has 1 aliphatic heterocycles. The van der Waals surface area contributed by atoms with Gasteiger partial charge < -0.3 is 15.0 Å². The molecule has 0 atom stereocenters. The van der Waals surface area contributed by atoms with Gasteiger partial charge in [-0.3, -0.25) is 9.40 Å². The lowest BCUT2D eigenvalue weighted by molar-refractivity contribution is -0.00591. The van der Waals surface area contributed by atoms with Crippen LogP contribution in [-0.4, -0.2) is 54.0 Å². The van der Waals surface area contributed by atoms with Crippen LogP contribution in [0.15, 0.2) is 55.3 Å². The van der Waals surface area contributed by atoms with E-state index < -0.39 is 5.72 Å². The molecule has 0 unspecified atom stereocenters. The van der Waals surface area contributed by atoms with E-state index in [4.69, 9.17) is 4.98 Å². The van der Waals surface area contributed by atoms with E-state index in [1.54, 1.807) is 18.5 Å². The van der Waals surface area contributed by atoms with Gasteiger partial charge in [-0.1, -0.05) is 51.3 Å². The van der Waals surface area contributed by atoms with E-state index in [1.165, 1.54) is 36.9 Å². The van der Waals surface area contributed by atoms with Crippen molar-refractivity contribution in [1.29, 1.82) is 0 Å². The summed E-state index contributed by atoms with van der Waals surface area (Å²) in [5.74, 6) is 0. The van der Waals surface area contributed by atoms with Gasteiger partial charge in [0.1, 0.15) is 5.65 Å². The third kappa shape index (κ3) is 5.36. The van der Waals surface area contributed by atoms with Crippen molar-refractivity contribution in [2.75, 3.05) is 19.0 Å². The first kappa shape index (κ1) is 31.4. The Balaban J connectivity index is 0.000000397. The monoisotopic (exact) mass is 626 g/mol. The molecule has 2 fully saturated rings. The Morgan fingerprint density at radius 1 is 1.07 bits per heavy atom. The van der Waals surface area contributed by atoms with E-state index in [-0.39, 0.29) is 5.41 Å². The lowest BCUT2D eigenvalue weighted by atomic mass is 9.76. The topological polar surface area (TPSA) is 99.8 Å². The highest BCUT2D eigenvalue weighted by Gasteiger charge is 2.49. The van der Waals surface area contributed by atoms with Crippen molar-refractivity contribution in [3.8, 4) is 22.4 Å². The number of allylic oxidation sites excluding steroid dienone is 1. The number of benzene rings is 1. The number of pyridine rings is 1. The van der Waals surface area contributed by atoms with E-state index in [9.17, 15) is 5.11 Å². The Bertz CT molecular complexity index is 1850. The van der Waals surface area contributed by atoms with Gasteiger partial charge >= 0.3 is 0 Å². The molecule has 3 N–H and O–H groups in total. The number of rotatable bonds is 5. The molecule has 4 aromatic heterocycles. The molecular weight excluding hydrogens is 581 g/mol. The number of hydrogen-bond donors (Lipinski definition) is 3. The fourth-order valence-electron chi connectivity index (χ4n) is 7.04. The van der Waals surface area contributed by atoms with Crippen molar-refractivity contribution in [3.63, 3.8) is 0 Å². The lowest BCUT2D eigenvalue weighted by Gasteiger charge is -2.27. The van der Waals surface area contributed by atoms with Crippen molar-refractivity contribution in [2.45, 2.75) is 82.6 Å². The highest BCUT2D eigenvalue weighted by molar-refractivity contribution is 7.98. The van der Waals surface area contributed by atoms with Crippen LogP contribution in [0.25, 0.3) is 44.3 Å². The number of anilines is 1. The molecule has 238 valence electrons. The van der Waals surface area contributed by atoms with Gasteiger partial charge in [0.25, 0.3) is 0 Å². The number of aliphatic hydroxyl groups is 1. The van der Waals surface area contributed by atoms with Crippen molar-refractivity contribution < 1.29 is 5.11 Å². The number of likely N-dealkylation sites (N-methyl/N-ethyl adjacent to an activating group) is 1. The summed E-state index contributed by atoms with van der Waals surface area (Å²) in [6, 6.07) is 6.35. The first-order valence-electron chi connectivity index (χ1n) is 16.1. The predicted octanol–water partition coefficient (Wildman–Crippen LogP) is 7.48. The molecule has 10 heteroatoms. The summed E-state index contributed by atoms with van der Waals surface area (Å²) in [5.41, 5.74) is 8.51. The van der Waals surface area contributed by atoms with Gasteiger partial charge in [0, 0.05) is 64.1 Å². The average Bonchev–Trinajstić information content (AvgIpc) is 3.46. The molecule has 2 saturated carbocycles. The summed E-state index contributed by atoms with van der Waals surface area (Å²) in [7, 11) is 6.03. The largest absolute Gasteiger partial charge is 0.370 e. The summed E-state index contributed by atoms with van der Waals surface area (Å²) in [4.78, 5) is 10.8. The Kier molecular flexibility index (Phi) is 8.34. The molecule has 0 bridgehead atoms. The third-order valence-corrected chi connectivity index (χ3v) is 10.3. The van der Waals surface area contributed by atoms with Gasteiger partial charge in [-0.2, -0.15) is 10.2 Å². The van der Waals surface area contributed by atoms with Gasteiger partial charge in [0.15, 0.2) is 5.72 Å². The Morgan fingerprint density at radius 3 is 2.40 bits per heavy atom. The smallest absolute Gasteiger partial charge is 0.152 e. The third-order valence-electron chi connectivity index (χ3n) is 9.23. The summed E-state index contributed by atoms with van der Waals surface area (Å²) in [6.45, 7) is 12.1. The molecule has 0 radical (unpaired) electrons. The fraction of sp³-hybridized carbons (Fsp3) is 0.457. The standard InChI is InChI=1S/C29H31N7O.C4H9NS.C2H6/c1-17-29(10-6-7-11-29)25-22(35(17)5)15-30-27-24(25)23(26(33-27)20-14-31-34(4)16-20)18-8-9-21-19(12-18)13-32-36(21)28(2,3)37;1-5-6-4-2-3-4;1-2/h8-9,12-16,37H,1,6-7,10-11H2,2-5H3,(H,30,33);4-5H,2-3H2,1H3;1-2H3. The highest BCUT2D eigenvalue weighted by atomic mass is 32.2. The molecule has 1 aromatic carbocycles. The molecule has 9 nitrogen and oxygen atoms in total. The van der Waals surface area contributed by atoms with Gasteiger partial charge in [0.05, 0.1) is 35.5 Å². The number of H-pyrrole nitrogens is 1. The second kappa shape index (κ2) is 12.0. The number of aryl methyl sites for hydroxylation is 1. The summed E-state index contributed by atoms with van der Waals surface area (Å²) >= 11 is 1.85. The van der Waals surface area contributed by atoms with E-state index >= 15 is 0 Å². The SMILES string of the molecule is C=C1N(C)c2cnc3[nH]c(-c4cnn(C)c4)c(-c4ccc5c(cnn5C(C)(C)O)c4)c3c2C12CCCC2.CC.CNSC1CC1. The average molecular weight is 627 g/mol. The van der Waals surface area contributed by atoms with Gasteiger partial charge in [-0.05, 0) is 64.3 Å². The van der Waals surface area contributed by atoms with E-state index in [0.717, 1.165) is 68.1 Å². The second-order valence-corrected chi connectivity index (χ2v) is 14.0. The summed E-state index contributed by atoms with van der Waals surface area (Å²) in [6.07, 6.45) is 15.2. The molecule has 3 aliphatic rings. The highest BCUT2D eigenvalue weighted by Crippen LogP contribution is 2.59. The molecule has 0 saturated heterocycles. The predicted molar refractivity (Wildman–Crippen MR) is 187 cm³/mol. The molecular formula is C35H46N8OS. The normalized spacial score (nSPS) is 17.1. The number of nitrogens with zero attached hydrogens (tertiary/aromatic N) is 6. The molecule has 45 heavy (non-hydrogen) atoms. The van der Waals surface area contributed by atoms with Crippen LogP contribution in [0.1, 0.15) is 71.8 Å². The minimum absolute atomic E-state index is 0.0652. The quantitative estimate of drug-likeness (QED) is 0.174. The van der Waals surface area contributed by atoms with Crippen LogP contribution in [0.5, 0.6) is 0 Å². The van der Waals surface area contributed by atoms with E-state index in [1.807, 2.05) is 69.4 Å². The van der Waals surface area contributed by atoms with Crippen LogP contribution in [0.2, 0.25) is 0 Å². The van der Waals surface area contributed by atoms with Crippen molar-refractivity contribution in [2.24, 2.45) is 7.05 Å². The number of aromatic amines is 1. The molecule has 8 rings (SSSR count). The molecule has 0 amide bonds. The van der Waals surface area contributed by atoms with Crippen LogP contribution in [0.3, 0.4) is 0 Å². The van der Waals surface area contributed by atoms with Crippen LogP contribution < -0.4 is 9.62 Å². The maximum absolute atomic E-state index is 10.6. The molecule has 5 heterocycles. The maximum atomic E-state index is 10.6. The second-order valence-electron chi connectivity index (χ2n) is 12.7. The van der Waals surface area contributed by atoms with Gasteiger partial charge in [-0.15, -0.1) is 0 Å². The zero-order valence-corrected chi connectivity index (χ0v) is 28.4. The molecule has 2 aliphatic carbocycles. The van der Waals surface area contributed by atoms with Crippen molar-refractivity contribution in [3.05, 3.63) is 60.8 Å². The van der Waals surface area contributed by atoms with Crippen LogP contribution >= 0.6 is 11.9 Å². The number of aromatic nitrogens is 6. The lowest BCUT2D eigenvalue weighted by Crippen LogP contribution is -2.26. The molecule has 5 aromatic rings. The Labute approximate surface area is 270 Å². The maximum Gasteiger partial charge on any atom is 0.152 e. The number of hydrogen-bond acceptors (Lipinski definition) is 7. The van der Waals surface area contributed by atoms with E-state index in [2.05, 4.69) is 56.6 Å². The molecule has 1 spiro atoms. The van der Waals surface area contributed by atoms with Crippen molar-refractivity contribution >= 4 is 39.6 Å². The van der Waals surface area contributed by atoms with Crippen LogP contribution in [0.4, 0.5) is 5.69 Å². The first-order valence-corrected chi connectivity index (χ1v) is 17.0. The summed E-state index contributed by atoms with van der Waals surface area (Å²) < 4.78 is 6.53. The Morgan fingerprint density at radius 2 is 1.80 bits per heavy atom. The van der Waals surface area contributed by atoms with Crippen molar-refractivity contribution in [1.82, 2.24) is 34.3 Å².